The maximum Gasteiger partial charge on any atom is 0.203 e. The van der Waals surface area contributed by atoms with Crippen LogP contribution < -0.4 is 5.32 Å². The Kier molecular flexibility index (Phi) is 3.49. The fourth-order valence-electron chi connectivity index (χ4n) is 2.31. The average Bonchev–Trinajstić information content (AvgIpc) is 3.20. The molecule has 1 aromatic heterocycles. The molecule has 3 rings (SSSR count). The van der Waals surface area contributed by atoms with Crippen LogP contribution in [0.25, 0.3) is 0 Å². The molecular weight excluding hydrogens is 286 g/mol. The molecule has 5 nitrogen and oxygen atoms in total. The Morgan fingerprint density at radius 1 is 1.29 bits per heavy atom. The first-order valence-corrected chi connectivity index (χ1v) is 8.91. The third-order valence-electron chi connectivity index (χ3n) is 3.60. The molecule has 0 unspecified atom stereocenters. The van der Waals surface area contributed by atoms with Crippen molar-refractivity contribution in [3.05, 3.63) is 41.7 Å². The predicted octanol–water partition coefficient (Wildman–Crippen LogP) is 2.54. The van der Waals surface area contributed by atoms with Crippen LogP contribution in [-0.4, -0.2) is 24.2 Å². The van der Waals surface area contributed by atoms with Gasteiger partial charge in [0.2, 0.25) is 5.95 Å². The van der Waals surface area contributed by atoms with Crippen LogP contribution in [0, 0.1) is 6.92 Å². The van der Waals surface area contributed by atoms with Gasteiger partial charge in [0.1, 0.15) is 0 Å². The lowest BCUT2D eigenvalue weighted by Gasteiger charge is -2.09. The van der Waals surface area contributed by atoms with Crippen molar-refractivity contribution in [2.24, 2.45) is 0 Å². The molecule has 0 spiro atoms. The van der Waals surface area contributed by atoms with Gasteiger partial charge < -0.3 is 9.88 Å². The van der Waals surface area contributed by atoms with Crippen molar-refractivity contribution < 1.29 is 8.42 Å². The van der Waals surface area contributed by atoms with Gasteiger partial charge in [-0.1, -0.05) is 12.1 Å². The van der Waals surface area contributed by atoms with Crippen molar-refractivity contribution in [2.75, 3.05) is 11.6 Å². The maximum atomic E-state index is 11.4. The van der Waals surface area contributed by atoms with Gasteiger partial charge in [0.15, 0.2) is 9.84 Å². The fraction of sp³-hybridized carbons (Fsp3) is 0.400. The van der Waals surface area contributed by atoms with E-state index in [1.54, 1.807) is 12.1 Å². The molecule has 0 aliphatic heterocycles. The predicted molar refractivity (Wildman–Crippen MR) is 82.1 cm³/mol. The fourth-order valence-corrected chi connectivity index (χ4v) is 2.94. The summed E-state index contributed by atoms with van der Waals surface area (Å²) in [6.45, 7) is 2.62. The van der Waals surface area contributed by atoms with Crippen LogP contribution in [0.1, 0.15) is 30.1 Å². The van der Waals surface area contributed by atoms with Crippen LogP contribution in [0.15, 0.2) is 35.4 Å². The van der Waals surface area contributed by atoms with Crippen LogP contribution >= 0.6 is 0 Å². The number of benzene rings is 1. The van der Waals surface area contributed by atoms with Gasteiger partial charge >= 0.3 is 0 Å². The number of nitrogens with zero attached hydrogens (tertiary/aromatic N) is 2. The van der Waals surface area contributed by atoms with E-state index >= 15 is 0 Å². The third kappa shape index (κ3) is 3.26. The molecule has 1 aliphatic carbocycles. The number of hydrogen-bond acceptors (Lipinski definition) is 4. The molecule has 0 amide bonds. The van der Waals surface area contributed by atoms with Gasteiger partial charge in [0.25, 0.3) is 0 Å². The van der Waals surface area contributed by atoms with Crippen molar-refractivity contribution in [3.8, 4) is 0 Å². The van der Waals surface area contributed by atoms with Gasteiger partial charge in [0, 0.05) is 25.0 Å². The van der Waals surface area contributed by atoms with Gasteiger partial charge in [-0.2, -0.15) is 0 Å². The minimum atomic E-state index is -3.13. The number of hydrogen-bond donors (Lipinski definition) is 1. The highest BCUT2D eigenvalue weighted by molar-refractivity contribution is 7.90. The summed E-state index contributed by atoms with van der Waals surface area (Å²) in [5, 5.41) is 3.33. The molecule has 0 saturated heterocycles. The van der Waals surface area contributed by atoms with Gasteiger partial charge in [-0.25, -0.2) is 13.4 Å². The zero-order chi connectivity index (χ0) is 15.0. The monoisotopic (exact) mass is 305 g/mol. The van der Waals surface area contributed by atoms with Crippen LogP contribution in [0.3, 0.4) is 0 Å². The number of imidazole rings is 1. The summed E-state index contributed by atoms with van der Waals surface area (Å²) in [7, 11) is -3.13. The highest BCUT2D eigenvalue weighted by atomic mass is 32.2. The van der Waals surface area contributed by atoms with E-state index in [-0.39, 0.29) is 0 Å². The maximum absolute atomic E-state index is 11.4. The Morgan fingerprint density at radius 3 is 2.52 bits per heavy atom. The summed E-state index contributed by atoms with van der Waals surface area (Å²) in [6.07, 6.45) is 5.73. The molecule has 0 radical (unpaired) electrons. The lowest BCUT2D eigenvalue weighted by atomic mass is 10.2. The smallest absolute Gasteiger partial charge is 0.203 e. The number of aromatic nitrogens is 2. The lowest BCUT2D eigenvalue weighted by Crippen LogP contribution is -2.06. The van der Waals surface area contributed by atoms with Crippen molar-refractivity contribution in [1.82, 2.24) is 9.55 Å². The number of aryl methyl sites for hydroxylation is 1. The highest BCUT2D eigenvalue weighted by Gasteiger charge is 2.26. The topological polar surface area (TPSA) is 64.0 Å². The van der Waals surface area contributed by atoms with Crippen molar-refractivity contribution >= 4 is 15.8 Å². The molecule has 1 saturated carbocycles. The molecule has 2 aromatic rings. The Hall–Kier alpha value is -1.82. The Morgan fingerprint density at radius 2 is 1.95 bits per heavy atom. The van der Waals surface area contributed by atoms with E-state index in [9.17, 15) is 8.42 Å². The van der Waals surface area contributed by atoms with E-state index in [0.717, 1.165) is 17.2 Å². The molecule has 112 valence electrons. The first-order chi connectivity index (χ1) is 9.93. The standard InChI is InChI=1S/C15H19N3O2S/c1-11-10-18(13-5-6-13)15(17-11)16-9-12-3-7-14(8-4-12)21(2,19)20/h3-4,7-8,10,13H,5-6,9H2,1-2H3,(H,16,17). The quantitative estimate of drug-likeness (QED) is 0.922. The molecule has 0 atom stereocenters. The average molecular weight is 305 g/mol. The van der Waals surface area contributed by atoms with Gasteiger partial charge in [-0.15, -0.1) is 0 Å². The summed E-state index contributed by atoms with van der Waals surface area (Å²) >= 11 is 0. The molecule has 1 heterocycles. The molecular formula is C15H19N3O2S. The molecule has 1 aliphatic rings. The second-order valence-electron chi connectivity index (χ2n) is 5.61. The first kappa shape index (κ1) is 14.1. The second-order valence-corrected chi connectivity index (χ2v) is 7.63. The van der Waals surface area contributed by atoms with Crippen LogP contribution in [0.5, 0.6) is 0 Å². The summed E-state index contributed by atoms with van der Waals surface area (Å²) in [4.78, 5) is 4.85. The lowest BCUT2D eigenvalue weighted by molar-refractivity contribution is 0.602. The van der Waals surface area contributed by atoms with E-state index < -0.39 is 9.84 Å². The highest BCUT2D eigenvalue weighted by Crippen LogP contribution is 2.37. The Balaban J connectivity index is 1.70. The minimum Gasteiger partial charge on any atom is -0.352 e. The molecule has 6 heteroatoms. The second kappa shape index (κ2) is 5.18. The molecule has 21 heavy (non-hydrogen) atoms. The van der Waals surface area contributed by atoms with E-state index in [1.807, 2.05) is 19.1 Å². The van der Waals surface area contributed by atoms with Gasteiger partial charge in [0.05, 0.1) is 10.6 Å². The minimum absolute atomic E-state index is 0.349. The van der Waals surface area contributed by atoms with E-state index in [4.69, 9.17) is 0 Å². The number of anilines is 1. The van der Waals surface area contributed by atoms with Crippen LogP contribution in [0.4, 0.5) is 5.95 Å². The summed E-state index contributed by atoms with van der Waals surface area (Å²) < 4.78 is 25.0. The summed E-state index contributed by atoms with van der Waals surface area (Å²) in [6, 6.07) is 7.54. The number of rotatable bonds is 5. The number of sulfone groups is 1. The largest absolute Gasteiger partial charge is 0.352 e. The van der Waals surface area contributed by atoms with Crippen molar-refractivity contribution in [2.45, 2.75) is 37.2 Å². The molecule has 1 N–H and O–H groups in total. The van der Waals surface area contributed by atoms with Gasteiger partial charge in [-0.3, -0.25) is 0 Å². The van der Waals surface area contributed by atoms with Crippen LogP contribution in [0.2, 0.25) is 0 Å². The molecule has 1 fully saturated rings. The van der Waals surface area contributed by atoms with E-state index in [1.165, 1.54) is 19.1 Å². The Labute approximate surface area is 124 Å². The zero-order valence-corrected chi connectivity index (χ0v) is 13.0. The third-order valence-corrected chi connectivity index (χ3v) is 4.72. The summed E-state index contributed by atoms with van der Waals surface area (Å²) in [5.41, 5.74) is 2.04. The van der Waals surface area contributed by atoms with Crippen molar-refractivity contribution in [1.29, 1.82) is 0 Å². The number of nitrogens with one attached hydrogen (secondary N) is 1. The molecule has 0 bridgehead atoms. The van der Waals surface area contributed by atoms with Gasteiger partial charge in [-0.05, 0) is 37.5 Å². The molecule has 1 aromatic carbocycles. The Bertz CT molecular complexity index is 744. The normalized spacial score (nSPS) is 15.1. The summed E-state index contributed by atoms with van der Waals surface area (Å²) in [5.74, 6) is 0.891. The van der Waals surface area contributed by atoms with E-state index in [0.29, 0.717) is 17.5 Å². The van der Waals surface area contributed by atoms with Crippen LogP contribution in [-0.2, 0) is 16.4 Å². The zero-order valence-electron chi connectivity index (χ0n) is 12.2. The van der Waals surface area contributed by atoms with E-state index in [2.05, 4.69) is 21.1 Å². The van der Waals surface area contributed by atoms with Crippen molar-refractivity contribution in [3.63, 3.8) is 0 Å². The SMILES string of the molecule is Cc1cn(C2CC2)c(NCc2ccc(S(C)(=O)=O)cc2)n1. The first-order valence-electron chi connectivity index (χ1n) is 7.02.